The summed E-state index contributed by atoms with van der Waals surface area (Å²) in [6, 6.07) is 19.1. The van der Waals surface area contributed by atoms with Crippen molar-refractivity contribution in [3.8, 4) is 11.1 Å². The average Bonchev–Trinajstić information content (AvgIpc) is 3.52. The zero-order valence-electron chi connectivity index (χ0n) is 21.5. The summed E-state index contributed by atoms with van der Waals surface area (Å²) in [5, 5.41) is 5.66. The Kier molecular flexibility index (Phi) is 7.19. The average molecular weight is 513 g/mol. The Labute approximate surface area is 221 Å². The van der Waals surface area contributed by atoms with Gasteiger partial charge in [0.1, 0.15) is 11.8 Å². The van der Waals surface area contributed by atoms with E-state index in [9.17, 15) is 4.79 Å². The van der Waals surface area contributed by atoms with Gasteiger partial charge in [-0.3, -0.25) is 4.79 Å². The summed E-state index contributed by atoms with van der Waals surface area (Å²) in [5.41, 5.74) is 12.6. The van der Waals surface area contributed by atoms with Crippen LogP contribution in [0.25, 0.3) is 26.9 Å². The van der Waals surface area contributed by atoms with E-state index in [1.807, 2.05) is 29.3 Å². The van der Waals surface area contributed by atoms with Crippen molar-refractivity contribution in [2.75, 3.05) is 18.8 Å². The molecule has 190 valence electrons. The normalized spacial score (nSPS) is 14.1. The molecule has 1 fully saturated rings. The van der Waals surface area contributed by atoms with Crippen LogP contribution in [-0.4, -0.2) is 43.5 Å². The van der Waals surface area contributed by atoms with Crippen LogP contribution < -0.4 is 5.73 Å². The molecule has 2 N–H and O–H groups in total. The predicted octanol–water partition coefficient (Wildman–Crippen LogP) is 5.93. The lowest BCUT2D eigenvalue weighted by molar-refractivity contribution is -0.129. The summed E-state index contributed by atoms with van der Waals surface area (Å²) in [6.45, 7) is 7.16. The van der Waals surface area contributed by atoms with Crippen molar-refractivity contribution >= 4 is 38.8 Å². The first-order valence-corrected chi connectivity index (χ1v) is 13.7. The fourth-order valence-corrected chi connectivity index (χ4v) is 6.06. The van der Waals surface area contributed by atoms with E-state index in [2.05, 4.69) is 58.6 Å². The first-order chi connectivity index (χ1) is 18.1. The van der Waals surface area contributed by atoms with Gasteiger partial charge < -0.3 is 10.6 Å². The molecule has 6 rings (SSSR count). The van der Waals surface area contributed by atoms with Crippen molar-refractivity contribution in [1.29, 1.82) is 0 Å². The molecule has 1 saturated heterocycles. The molecule has 8 heteroatoms. The quantitative estimate of drug-likeness (QED) is 0.322. The monoisotopic (exact) mass is 512 g/mol. The maximum absolute atomic E-state index is 11.8. The minimum absolute atomic E-state index is 0.138. The molecule has 0 unspecified atom stereocenters. The molecule has 5 aromatic rings. The van der Waals surface area contributed by atoms with E-state index in [0.717, 1.165) is 65.2 Å². The number of nitrogens with two attached hydrogens (primary N) is 1. The van der Waals surface area contributed by atoms with Crippen molar-refractivity contribution in [1.82, 2.24) is 24.5 Å². The number of thiazole rings is 1. The number of hydrogen-bond donors (Lipinski definition) is 1. The minimum Gasteiger partial charge on any atom is -0.382 e. The van der Waals surface area contributed by atoms with Crippen molar-refractivity contribution in [2.24, 2.45) is 0 Å². The standard InChI is InChI=1S/C27H26N6OS.C2H6/c1-17(34)32-11-9-19(10-12-32)23-15-21(26-27(28)29-16-30-33(23)26)20-7-8-24-22(14-20)31-25(35-24)13-18-5-3-2-4-6-18;1-2/h2-8,14-16,19H,9-13H2,1H3,(H2,28,29,30);1-2H3. The van der Waals surface area contributed by atoms with Gasteiger partial charge in [0, 0.05) is 43.6 Å². The second-order valence-corrected chi connectivity index (χ2v) is 10.2. The third kappa shape index (κ3) is 4.93. The zero-order valence-corrected chi connectivity index (χ0v) is 22.3. The number of anilines is 1. The van der Waals surface area contributed by atoms with Gasteiger partial charge >= 0.3 is 0 Å². The second kappa shape index (κ2) is 10.7. The molecule has 0 spiro atoms. The highest BCUT2D eigenvalue weighted by Gasteiger charge is 2.26. The van der Waals surface area contributed by atoms with Gasteiger partial charge in [-0.1, -0.05) is 50.2 Å². The van der Waals surface area contributed by atoms with Gasteiger partial charge in [0.25, 0.3) is 0 Å². The first-order valence-electron chi connectivity index (χ1n) is 12.9. The van der Waals surface area contributed by atoms with Crippen LogP contribution in [-0.2, 0) is 11.2 Å². The summed E-state index contributed by atoms with van der Waals surface area (Å²) >= 11 is 1.74. The molecule has 1 aliphatic rings. The third-order valence-corrected chi connectivity index (χ3v) is 7.95. The number of amides is 1. The lowest BCUT2D eigenvalue weighted by atomic mass is 9.93. The molecule has 37 heavy (non-hydrogen) atoms. The summed E-state index contributed by atoms with van der Waals surface area (Å²) in [5.74, 6) is 0.908. The maximum atomic E-state index is 11.8. The highest BCUT2D eigenvalue weighted by molar-refractivity contribution is 7.18. The van der Waals surface area contributed by atoms with Crippen molar-refractivity contribution in [3.05, 3.63) is 77.2 Å². The fourth-order valence-electron chi connectivity index (χ4n) is 5.08. The molecule has 0 aliphatic carbocycles. The number of aromatic nitrogens is 4. The van der Waals surface area contributed by atoms with Gasteiger partial charge in [-0.2, -0.15) is 5.10 Å². The minimum atomic E-state index is 0.138. The van der Waals surface area contributed by atoms with Gasteiger partial charge in [-0.05, 0) is 42.2 Å². The topological polar surface area (TPSA) is 89.4 Å². The van der Waals surface area contributed by atoms with Crippen molar-refractivity contribution in [2.45, 2.75) is 46.0 Å². The number of fused-ring (bicyclic) bond motifs is 2. The van der Waals surface area contributed by atoms with E-state index in [1.54, 1.807) is 18.3 Å². The molecule has 7 nitrogen and oxygen atoms in total. The van der Waals surface area contributed by atoms with E-state index in [4.69, 9.17) is 10.7 Å². The van der Waals surface area contributed by atoms with E-state index in [0.29, 0.717) is 11.7 Å². The molecule has 4 heterocycles. The molecule has 0 bridgehead atoms. The lowest BCUT2D eigenvalue weighted by Crippen LogP contribution is -2.36. The smallest absolute Gasteiger partial charge is 0.219 e. The zero-order chi connectivity index (χ0) is 25.9. The van der Waals surface area contributed by atoms with Crippen LogP contribution in [0.4, 0.5) is 5.82 Å². The Bertz CT molecular complexity index is 1530. The molecule has 1 amide bonds. The van der Waals surface area contributed by atoms with Crippen LogP contribution in [0.1, 0.15) is 55.8 Å². The van der Waals surface area contributed by atoms with E-state index in [1.165, 1.54) is 16.6 Å². The maximum Gasteiger partial charge on any atom is 0.219 e. The van der Waals surface area contributed by atoms with Crippen LogP contribution in [0, 0.1) is 0 Å². The summed E-state index contributed by atoms with van der Waals surface area (Å²) in [4.78, 5) is 22.9. The number of carbonyl (C=O) groups excluding carboxylic acids is 1. The molecule has 1 aliphatic heterocycles. The number of nitrogens with zero attached hydrogens (tertiary/aromatic N) is 5. The number of likely N-dealkylation sites (tertiary alicyclic amines) is 1. The Morgan fingerprint density at radius 3 is 2.57 bits per heavy atom. The molecule has 3 aromatic heterocycles. The number of carbonyl (C=O) groups is 1. The number of rotatable bonds is 4. The molecule has 0 radical (unpaired) electrons. The molecule has 0 saturated carbocycles. The van der Waals surface area contributed by atoms with Gasteiger partial charge in [-0.25, -0.2) is 14.5 Å². The number of piperidine rings is 1. The van der Waals surface area contributed by atoms with E-state index in [-0.39, 0.29) is 5.91 Å². The highest BCUT2D eigenvalue weighted by atomic mass is 32.1. The van der Waals surface area contributed by atoms with Crippen molar-refractivity contribution in [3.63, 3.8) is 0 Å². The van der Waals surface area contributed by atoms with Crippen LogP contribution in [0.15, 0.2) is 60.9 Å². The Morgan fingerprint density at radius 1 is 1.08 bits per heavy atom. The SMILES string of the molecule is CC.CC(=O)N1CCC(c2cc(-c3ccc4sc(Cc5ccccc5)nc4c3)c3c(N)ncnn23)CC1. The number of nitrogen functional groups attached to an aromatic ring is 1. The van der Waals surface area contributed by atoms with Crippen LogP contribution in [0.2, 0.25) is 0 Å². The summed E-state index contributed by atoms with van der Waals surface area (Å²) in [6.07, 6.45) is 4.15. The summed E-state index contributed by atoms with van der Waals surface area (Å²) < 4.78 is 3.11. The second-order valence-electron chi connectivity index (χ2n) is 9.12. The number of hydrogen-bond acceptors (Lipinski definition) is 6. The van der Waals surface area contributed by atoms with Crippen LogP contribution >= 0.6 is 11.3 Å². The first kappa shape index (κ1) is 24.9. The van der Waals surface area contributed by atoms with E-state index < -0.39 is 0 Å². The Morgan fingerprint density at radius 2 is 1.84 bits per heavy atom. The van der Waals surface area contributed by atoms with Gasteiger partial charge in [0.2, 0.25) is 5.91 Å². The largest absolute Gasteiger partial charge is 0.382 e. The van der Waals surface area contributed by atoms with Crippen molar-refractivity contribution < 1.29 is 4.79 Å². The molecule has 2 aromatic carbocycles. The molecule has 0 atom stereocenters. The van der Waals surface area contributed by atoms with E-state index >= 15 is 0 Å². The van der Waals surface area contributed by atoms with Crippen LogP contribution in [0.5, 0.6) is 0 Å². The third-order valence-electron chi connectivity index (χ3n) is 6.91. The fraction of sp³-hybridized carbons (Fsp3) is 0.310. The van der Waals surface area contributed by atoms with Gasteiger partial charge in [0.05, 0.1) is 15.2 Å². The van der Waals surface area contributed by atoms with Crippen LogP contribution in [0.3, 0.4) is 0 Å². The molecular weight excluding hydrogens is 480 g/mol. The summed E-state index contributed by atoms with van der Waals surface area (Å²) in [7, 11) is 0. The van der Waals surface area contributed by atoms with Gasteiger partial charge in [0.15, 0.2) is 5.82 Å². The number of benzene rings is 2. The Balaban J connectivity index is 0.00000137. The lowest BCUT2D eigenvalue weighted by Gasteiger charge is -2.31. The van der Waals surface area contributed by atoms with Gasteiger partial charge in [-0.15, -0.1) is 11.3 Å². The predicted molar refractivity (Wildman–Crippen MR) is 151 cm³/mol. The Hall–Kier alpha value is -3.78. The highest BCUT2D eigenvalue weighted by Crippen LogP contribution is 2.38. The molecular formula is C29H32N6OS.